The van der Waals surface area contributed by atoms with Gasteiger partial charge in [-0.25, -0.2) is 9.07 Å². The Morgan fingerprint density at radius 2 is 2.00 bits per heavy atom. The Hall–Kier alpha value is -2.99. The first-order valence-corrected chi connectivity index (χ1v) is 7.93. The van der Waals surface area contributed by atoms with Crippen LogP contribution in [0.3, 0.4) is 0 Å². The van der Waals surface area contributed by atoms with Gasteiger partial charge in [-0.2, -0.15) is 5.10 Å². The van der Waals surface area contributed by atoms with Crippen LogP contribution in [-0.4, -0.2) is 33.4 Å². The van der Waals surface area contributed by atoms with Gasteiger partial charge >= 0.3 is 0 Å². The first-order chi connectivity index (χ1) is 12.1. The van der Waals surface area contributed by atoms with Crippen molar-refractivity contribution < 1.29 is 14.3 Å². The number of halogens is 1. The Bertz CT molecular complexity index is 835. The molecule has 1 heterocycles. The minimum absolute atomic E-state index is 0.0935. The van der Waals surface area contributed by atoms with Gasteiger partial charge in [-0.3, -0.25) is 4.79 Å². The monoisotopic (exact) mass is 339 g/mol. The first-order valence-electron chi connectivity index (χ1n) is 7.93. The molecular formula is C19H18FN3O2. The average Bonchev–Trinajstić information content (AvgIpc) is 3.15. The topological polar surface area (TPSA) is 67.2 Å². The zero-order valence-corrected chi connectivity index (χ0v) is 13.5. The molecule has 2 aromatic carbocycles. The molecule has 1 atom stereocenters. The Kier molecular flexibility index (Phi) is 5.20. The van der Waals surface area contributed by atoms with E-state index in [4.69, 9.17) is 0 Å². The molecule has 0 bridgehead atoms. The van der Waals surface area contributed by atoms with E-state index >= 15 is 0 Å². The molecule has 0 saturated heterocycles. The highest BCUT2D eigenvalue weighted by molar-refractivity contribution is 5.94. The number of carbonyl (C=O) groups is 1. The van der Waals surface area contributed by atoms with Crippen molar-refractivity contribution in [1.82, 2.24) is 15.1 Å². The molecule has 0 spiro atoms. The van der Waals surface area contributed by atoms with Gasteiger partial charge in [-0.1, -0.05) is 30.3 Å². The lowest BCUT2D eigenvalue weighted by molar-refractivity contribution is 0.0915. The second-order valence-electron chi connectivity index (χ2n) is 5.67. The van der Waals surface area contributed by atoms with Gasteiger partial charge < -0.3 is 10.4 Å². The molecule has 5 nitrogen and oxygen atoms in total. The molecule has 1 aromatic heterocycles. The summed E-state index contributed by atoms with van der Waals surface area (Å²) in [7, 11) is 0. The molecule has 1 amide bonds. The summed E-state index contributed by atoms with van der Waals surface area (Å²) >= 11 is 0. The van der Waals surface area contributed by atoms with Gasteiger partial charge in [-0.15, -0.1) is 0 Å². The minimum atomic E-state index is -0.709. The van der Waals surface area contributed by atoms with Crippen molar-refractivity contribution in [2.24, 2.45) is 0 Å². The third-order valence-electron chi connectivity index (χ3n) is 3.77. The largest absolute Gasteiger partial charge is 0.391 e. The lowest BCUT2D eigenvalue weighted by Gasteiger charge is -2.12. The number of nitrogens with one attached hydrogen (secondary N) is 1. The van der Waals surface area contributed by atoms with Crippen LogP contribution in [0.4, 0.5) is 4.39 Å². The van der Waals surface area contributed by atoms with Crippen molar-refractivity contribution in [3.63, 3.8) is 0 Å². The number of amides is 1. The van der Waals surface area contributed by atoms with Crippen LogP contribution in [0, 0.1) is 5.82 Å². The maximum atomic E-state index is 14.2. The normalized spacial score (nSPS) is 11.9. The Labute approximate surface area is 144 Å². The number of benzene rings is 2. The van der Waals surface area contributed by atoms with E-state index in [1.54, 1.807) is 18.5 Å². The summed E-state index contributed by atoms with van der Waals surface area (Å²) in [6.45, 7) is 0.0935. The number of nitrogens with zero attached hydrogens (tertiary/aromatic N) is 2. The van der Waals surface area contributed by atoms with Gasteiger partial charge in [0.2, 0.25) is 0 Å². The summed E-state index contributed by atoms with van der Waals surface area (Å²) in [6.07, 6.45) is 2.90. The smallest absolute Gasteiger partial charge is 0.251 e. The molecule has 0 aliphatic rings. The number of aromatic nitrogens is 2. The molecule has 1 unspecified atom stereocenters. The third-order valence-corrected chi connectivity index (χ3v) is 3.77. The van der Waals surface area contributed by atoms with Crippen molar-refractivity contribution in [3.8, 4) is 5.69 Å². The van der Waals surface area contributed by atoms with Gasteiger partial charge in [0.25, 0.3) is 5.91 Å². The van der Waals surface area contributed by atoms with E-state index < -0.39 is 17.8 Å². The third kappa shape index (κ3) is 4.30. The zero-order chi connectivity index (χ0) is 17.6. The van der Waals surface area contributed by atoms with E-state index in [-0.39, 0.29) is 17.8 Å². The van der Waals surface area contributed by atoms with Crippen molar-refractivity contribution in [3.05, 3.63) is 83.9 Å². The SMILES string of the molecule is O=C(NCC(O)Cc1ccccc1)c1ccc(-n2cccn2)c(F)c1. The molecule has 128 valence electrons. The molecule has 0 aliphatic heterocycles. The molecule has 0 fully saturated rings. The predicted molar refractivity (Wildman–Crippen MR) is 92.0 cm³/mol. The molecular weight excluding hydrogens is 321 g/mol. The summed E-state index contributed by atoms with van der Waals surface area (Å²) in [6, 6.07) is 15.4. The number of hydrogen-bond donors (Lipinski definition) is 2. The van der Waals surface area contributed by atoms with Crippen LogP contribution in [0.1, 0.15) is 15.9 Å². The van der Waals surface area contributed by atoms with Gasteiger partial charge in [0.05, 0.1) is 6.10 Å². The predicted octanol–water partition coefficient (Wildman–Crippen LogP) is 2.34. The zero-order valence-electron chi connectivity index (χ0n) is 13.5. The van der Waals surface area contributed by atoms with Gasteiger partial charge in [-0.05, 0) is 29.8 Å². The number of aliphatic hydroxyl groups excluding tert-OH is 1. The Morgan fingerprint density at radius 1 is 1.20 bits per heavy atom. The molecule has 3 rings (SSSR count). The number of carbonyl (C=O) groups excluding carboxylic acids is 1. The number of hydrogen-bond acceptors (Lipinski definition) is 3. The van der Waals surface area contributed by atoms with E-state index in [9.17, 15) is 14.3 Å². The second-order valence-corrected chi connectivity index (χ2v) is 5.67. The summed E-state index contributed by atoms with van der Waals surface area (Å²) in [5, 5.41) is 16.6. The quantitative estimate of drug-likeness (QED) is 0.724. The first kappa shape index (κ1) is 16.9. The fourth-order valence-electron chi connectivity index (χ4n) is 2.52. The van der Waals surface area contributed by atoms with Gasteiger partial charge in [0.15, 0.2) is 0 Å². The van der Waals surface area contributed by atoms with Crippen LogP contribution >= 0.6 is 0 Å². The van der Waals surface area contributed by atoms with E-state index in [2.05, 4.69) is 10.4 Å². The lowest BCUT2D eigenvalue weighted by atomic mass is 10.1. The van der Waals surface area contributed by atoms with E-state index in [0.717, 1.165) is 11.6 Å². The van der Waals surface area contributed by atoms with E-state index in [1.807, 2.05) is 30.3 Å². The molecule has 0 radical (unpaired) electrons. The van der Waals surface area contributed by atoms with Gasteiger partial charge in [0.1, 0.15) is 11.5 Å². The second kappa shape index (κ2) is 7.72. The standard InChI is InChI=1S/C19H18FN3O2/c20-17-12-15(7-8-18(17)23-10-4-9-22-23)19(25)21-13-16(24)11-14-5-2-1-3-6-14/h1-10,12,16,24H,11,13H2,(H,21,25). The Balaban J connectivity index is 1.59. The van der Waals surface area contributed by atoms with E-state index in [0.29, 0.717) is 6.42 Å². The van der Waals surface area contributed by atoms with Crippen molar-refractivity contribution in [2.75, 3.05) is 6.54 Å². The van der Waals surface area contributed by atoms with Crippen LogP contribution < -0.4 is 5.32 Å². The summed E-state index contributed by atoms with van der Waals surface area (Å²) in [5.74, 6) is -0.973. The van der Waals surface area contributed by atoms with Crippen LogP contribution in [0.5, 0.6) is 0 Å². The number of aliphatic hydroxyl groups is 1. The fraction of sp³-hybridized carbons (Fsp3) is 0.158. The fourth-order valence-corrected chi connectivity index (χ4v) is 2.52. The van der Waals surface area contributed by atoms with Crippen molar-refractivity contribution in [1.29, 1.82) is 0 Å². The highest BCUT2D eigenvalue weighted by Crippen LogP contribution is 2.14. The molecule has 2 N–H and O–H groups in total. The minimum Gasteiger partial charge on any atom is -0.391 e. The maximum absolute atomic E-state index is 14.2. The summed E-state index contributed by atoms with van der Waals surface area (Å²) in [4.78, 5) is 12.1. The summed E-state index contributed by atoms with van der Waals surface area (Å²) in [5.41, 5.74) is 1.45. The average molecular weight is 339 g/mol. The lowest BCUT2D eigenvalue weighted by Crippen LogP contribution is -2.33. The molecule has 25 heavy (non-hydrogen) atoms. The highest BCUT2D eigenvalue weighted by atomic mass is 19.1. The van der Waals surface area contributed by atoms with Crippen molar-refractivity contribution >= 4 is 5.91 Å². The maximum Gasteiger partial charge on any atom is 0.251 e. The highest BCUT2D eigenvalue weighted by Gasteiger charge is 2.13. The van der Waals surface area contributed by atoms with Crippen LogP contribution in [0.25, 0.3) is 5.69 Å². The molecule has 6 heteroatoms. The molecule has 0 aliphatic carbocycles. The van der Waals surface area contributed by atoms with Crippen LogP contribution in [0.2, 0.25) is 0 Å². The number of rotatable bonds is 6. The van der Waals surface area contributed by atoms with E-state index in [1.165, 1.54) is 16.8 Å². The van der Waals surface area contributed by atoms with Crippen molar-refractivity contribution in [2.45, 2.75) is 12.5 Å². The molecule has 3 aromatic rings. The Morgan fingerprint density at radius 3 is 2.68 bits per heavy atom. The molecule has 0 saturated carbocycles. The van der Waals surface area contributed by atoms with Gasteiger partial charge in [0, 0.05) is 30.9 Å². The summed E-state index contributed by atoms with van der Waals surface area (Å²) < 4.78 is 15.6. The van der Waals surface area contributed by atoms with Crippen LogP contribution in [0.15, 0.2) is 67.0 Å². The van der Waals surface area contributed by atoms with Crippen LogP contribution in [-0.2, 0) is 6.42 Å².